The molecule has 4 rings (SSSR count). The minimum Gasteiger partial charge on any atom is -0.324 e. The van der Waals surface area contributed by atoms with E-state index >= 15 is 0 Å². The number of carbonyl (C=O) groups excluding carboxylic acids is 1. The minimum atomic E-state index is -3.64. The lowest BCUT2D eigenvalue weighted by atomic mass is 9.97. The van der Waals surface area contributed by atoms with Crippen LogP contribution in [0.25, 0.3) is 10.9 Å². The monoisotopic (exact) mass is 420 g/mol. The van der Waals surface area contributed by atoms with E-state index in [0.29, 0.717) is 24.1 Å². The van der Waals surface area contributed by atoms with E-state index in [1.54, 1.807) is 6.20 Å². The highest BCUT2D eigenvalue weighted by molar-refractivity contribution is 7.89. The van der Waals surface area contributed by atoms with E-state index < -0.39 is 10.0 Å². The van der Waals surface area contributed by atoms with Crippen molar-refractivity contribution in [2.45, 2.75) is 17.7 Å². The second kappa shape index (κ2) is 8.22. The lowest BCUT2D eigenvalue weighted by Gasteiger charge is -2.30. The van der Waals surface area contributed by atoms with Gasteiger partial charge < -0.3 is 5.32 Å². The standard InChI is InChI=1S/C22H20N4O3S/c23-14-16-5-7-20(8-6-16)30(28,29)26-11-9-17(10-12-26)22(27)25-19-13-18-3-1-2-4-21(18)24-15-19/h1-8,13,15,17H,9-12H2,(H,25,27). The van der Waals surface area contributed by atoms with Gasteiger partial charge in [-0.1, -0.05) is 18.2 Å². The summed E-state index contributed by atoms with van der Waals surface area (Å²) in [5, 5.41) is 12.7. The lowest BCUT2D eigenvalue weighted by Crippen LogP contribution is -2.41. The van der Waals surface area contributed by atoms with Crippen molar-refractivity contribution < 1.29 is 13.2 Å². The zero-order valence-electron chi connectivity index (χ0n) is 16.2. The zero-order valence-corrected chi connectivity index (χ0v) is 17.0. The second-order valence-electron chi connectivity index (χ2n) is 7.22. The van der Waals surface area contributed by atoms with Crippen molar-refractivity contribution in [3.05, 3.63) is 66.4 Å². The van der Waals surface area contributed by atoms with Crippen molar-refractivity contribution in [2.75, 3.05) is 18.4 Å². The summed E-state index contributed by atoms with van der Waals surface area (Å²) >= 11 is 0. The van der Waals surface area contributed by atoms with Crippen molar-refractivity contribution in [1.82, 2.24) is 9.29 Å². The average molecular weight is 420 g/mol. The minimum absolute atomic E-state index is 0.123. The van der Waals surface area contributed by atoms with Crippen LogP contribution in [0, 0.1) is 17.2 Å². The summed E-state index contributed by atoms with van der Waals surface area (Å²) in [5.74, 6) is -0.383. The van der Waals surface area contributed by atoms with Gasteiger partial charge in [-0.25, -0.2) is 8.42 Å². The number of aromatic nitrogens is 1. The number of nitrogens with zero attached hydrogens (tertiary/aromatic N) is 3. The number of sulfonamides is 1. The van der Waals surface area contributed by atoms with Crippen LogP contribution in [0.5, 0.6) is 0 Å². The first-order valence-electron chi connectivity index (χ1n) is 9.63. The Hall–Kier alpha value is -3.28. The number of hydrogen-bond acceptors (Lipinski definition) is 5. The molecular formula is C22H20N4O3S. The molecule has 0 aliphatic carbocycles. The summed E-state index contributed by atoms with van der Waals surface area (Å²) in [6.07, 6.45) is 2.52. The van der Waals surface area contributed by atoms with Crippen LogP contribution in [0.1, 0.15) is 18.4 Å². The first-order valence-corrected chi connectivity index (χ1v) is 11.1. The van der Waals surface area contributed by atoms with Gasteiger partial charge in [-0.15, -0.1) is 0 Å². The molecule has 0 atom stereocenters. The number of piperidine rings is 1. The molecule has 1 fully saturated rings. The Morgan fingerprint density at radius 1 is 1.10 bits per heavy atom. The van der Waals surface area contributed by atoms with Gasteiger partial charge in [0.15, 0.2) is 0 Å². The molecule has 1 amide bonds. The van der Waals surface area contributed by atoms with Gasteiger partial charge in [-0.05, 0) is 49.2 Å². The molecule has 0 bridgehead atoms. The van der Waals surface area contributed by atoms with Crippen LogP contribution in [0.4, 0.5) is 5.69 Å². The van der Waals surface area contributed by atoms with Crippen LogP contribution in [0.2, 0.25) is 0 Å². The number of nitrogens with one attached hydrogen (secondary N) is 1. The smallest absolute Gasteiger partial charge is 0.243 e. The van der Waals surface area contributed by atoms with Crippen molar-refractivity contribution in [1.29, 1.82) is 5.26 Å². The number of fused-ring (bicyclic) bond motifs is 1. The quantitative estimate of drug-likeness (QED) is 0.698. The predicted octanol–water partition coefficient (Wildman–Crippen LogP) is 3.15. The molecular weight excluding hydrogens is 400 g/mol. The molecule has 7 nitrogen and oxygen atoms in total. The second-order valence-corrected chi connectivity index (χ2v) is 9.16. The molecule has 3 aromatic rings. The van der Waals surface area contributed by atoms with Crippen LogP contribution in [0.15, 0.2) is 65.7 Å². The number of benzene rings is 2. The fourth-order valence-corrected chi connectivity index (χ4v) is 5.06. The molecule has 0 unspecified atom stereocenters. The zero-order chi connectivity index (χ0) is 21.1. The Bertz CT molecular complexity index is 1230. The Morgan fingerprint density at radius 3 is 2.50 bits per heavy atom. The van der Waals surface area contributed by atoms with Gasteiger partial charge >= 0.3 is 0 Å². The van der Waals surface area contributed by atoms with Crippen molar-refractivity contribution >= 4 is 32.5 Å². The maximum absolute atomic E-state index is 12.8. The van der Waals surface area contributed by atoms with Crippen LogP contribution in [-0.2, 0) is 14.8 Å². The molecule has 1 saturated heterocycles. The van der Waals surface area contributed by atoms with E-state index in [2.05, 4.69) is 10.3 Å². The van der Waals surface area contributed by atoms with Gasteiger partial charge in [0.1, 0.15) is 0 Å². The summed E-state index contributed by atoms with van der Waals surface area (Å²) in [6.45, 7) is 0.548. The summed E-state index contributed by atoms with van der Waals surface area (Å²) < 4.78 is 27.0. The van der Waals surface area contributed by atoms with Crippen LogP contribution >= 0.6 is 0 Å². The highest BCUT2D eigenvalue weighted by atomic mass is 32.2. The van der Waals surface area contributed by atoms with Gasteiger partial charge in [0.25, 0.3) is 0 Å². The number of rotatable bonds is 4. The molecule has 2 heterocycles. The molecule has 1 aliphatic heterocycles. The van der Waals surface area contributed by atoms with E-state index in [9.17, 15) is 13.2 Å². The fraction of sp³-hybridized carbons (Fsp3) is 0.227. The van der Waals surface area contributed by atoms with E-state index in [1.807, 2.05) is 36.4 Å². The lowest BCUT2D eigenvalue weighted by molar-refractivity contribution is -0.120. The topological polar surface area (TPSA) is 103 Å². The average Bonchev–Trinajstić information content (AvgIpc) is 2.79. The summed E-state index contributed by atoms with van der Waals surface area (Å²) in [4.78, 5) is 17.2. The van der Waals surface area contributed by atoms with Crippen LogP contribution in [-0.4, -0.2) is 36.7 Å². The van der Waals surface area contributed by atoms with E-state index in [0.717, 1.165) is 10.9 Å². The number of pyridine rings is 1. The Kier molecular flexibility index (Phi) is 5.48. The predicted molar refractivity (Wildman–Crippen MR) is 113 cm³/mol. The van der Waals surface area contributed by atoms with Gasteiger partial charge in [0, 0.05) is 24.4 Å². The first-order chi connectivity index (χ1) is 14.5. The van der Waals surface area contributed by atoms with E-state index in [-0.39, 0.29) is 29.8 Å². The third-order valence-electron chi connectivity index (χ3n) is 5.30. The number of hydrogen-bond donors (Lipinski definition) is 1. The molecule has 0 saturated carbocycles. The van der Waals surface area contributed by atoms with Gasteiger partial charge in [0.05, 0.1) is 33.9 Å². The highest BCUT2D eigenvalue weighted by Crippen LogP contribution is 2.25. The molecule has 30 heavy (non-hydrogen) atoms. The van der Waals surface area contributed by atoms with Crippen molar-refractivity contribution in [3.63, 3.8) is 0 Å². The third-order valence-corrected chi connectivity index (χ3v) is 7.22. The van der Waals surface area contributed by atoms with Crippen LogP contribution < -0.4 is 5.32 Å². The Morgan fingerprint density at radius 2 is 1.80 bits per heavy atom. The molecule has 2 aromatic carbocycles. The Labute approximate surface area is 175 Å². The van der Waals surface area contributed by atoms with Crippen molar-refractivity contribution in [3.8, 4) is 6.07 Å². The van der Waals surface area contributed by atoms with Gasteiger partial charge in [-0.2, -0.15) is 9.57 Å². The molecule has 1 aliphatic rings. The molecule has 0 radical (unpaired) electrons. The number of anilines is 1. The fourth-order valence-electron chi connectivity index (χ4n) is 3.59. The normalized spacial score (nSPS) is 15.6. The summed E-state index contributed by atoms with van der Waals surface area (Å²) in [6, 6.07) is 17.4. The van der Waals surface area contributed by atoms with Gasteiger partial charge in [0.2, 0.25) is 15.9 Å². The maximum atomic E-state index is 12.8. The molecule has 1 N–H and O–H groups in total. The van der Waals surface area contributed by atoms with Crippen molar-refractivity contribution in [2.24, 2.45) is 5.92 Å². The largest absolute Gasteiger partial charge is 0.324 e. The SMILES string of the molecule is N#Cc1ccc(S(=O)(=O)N2CCC(C(=O)Nc3cnc4ccccc4c3)CC2)cc1. The molecule has 0 spiro atoms. The highest BCUT2D eigenvalue weighted by Gasteiger charge is 2.32. The molecule has 1 aromatic heterocycles. The van der Waals surface area contributed by atoms with E-state index in [1.165, 1.54) is 28.6 Å². The number of nitriles is 1. The van der Waals surface area contributed by atoms with E-state index in [4.69, 9.17) is 5.26 Å². The van der Waals surface area contributed by atoms with Gasteiger partial charge in [-0.3, -0.25) is 9.78 Å². The molecule has 152 valence electrons. The molecule has 8 heteroatoms. The summed E-state index contributed by atoms with van der Waals surface area (Å²) in [5.41, 5.74) is 1.90. The Balaban J connectivity index is 1.39. The number of carbonyl (C=O) groups is 1. The summed E-state index contributed by atoms with van der Waals surface area (Å²) in [7, 11) is -3.64. The third kappa shape index (κ3) is 4.03. The number of para-hydroxylation sites is 1. The maximum Gasteiger partial charge on any atom is 0.243 e. The first kappa shape index (κ1) is 20.0. The number of amides is 1. The van der Waals surface area contributed by atoms with Crippen LogP contribution in [0.3, 0.4) is 0 Å².